The molecule has 690 valence electrons. The number of halogens is 3. The Morgan fingerprint density at radius 2 is 0.705 bits per heavy atom. The third-order valence-electron chi connectivity index (χ3n) is 17.4. The van der Waals surface area contributed by atoms with Crippen LogP contribution in [-0.4, -0.2) is 141 Å². The van der Waals surface area contributed by atoms with Crippen LogP contribution in [0.25, 0.3) is 52.9 Å². The Kier molecular flexibility index (Phi) is 33.1. The lowest BCUT2D eigenvalue weighted by atomic mass is 10.1. The number of alkyl halides is 3. The fraction of sp³-hybridized carbons (Fsp3) is 0.205. The number of ether oxygens (including phenoxy) is 6. The first-order chi connectivity index (χ1) is 62.8. The van der Waals surface area contributed by atoms with E-state index in [0.717, 1.165) is 87.2 Å². The van der Waals surface area contributed by atoms with Gasteiger partial charge in [-0.05, 0) is 133 Å². The maximum Gasteiger partial charge on any atom is 0.434 e. The van der Waals surface area contributed by atoms with Crippen molar-refractivity contribution in [3.63, 3.8) is 0 Å². The zero-order valence-electron chi connectivity index (χ0n) is 72.6. The molecule has 0 unspecified atom stereocenters. The second kappa shape index (κ2) is 44.2. The van der Waals surface area contributed by atoms with Crippen LogP contribution < -0.4 is 100 Å². The van der Waals surface area contributed by atoms with Crippen LogP contribution >= 0.6 is 113 Å². The van der Waals surface area contributed by atoms with Gasteiger partial charge in [0.25, 0.3) is 0 Å². The van der Waals surface area contributed by atoms with E-state index in [0.29, 0.717) is 126 Å². The van der Waals surface area contributed by atoms with E-state index in [4.69, 9.17) is 67.8 Å². The molecule has 15 rings (SSSR count). The lowest BCUT2D eigenvalue weighted by Gasteiger charge is -2.15. The van der Waals surface area contributed by atoms with E-state index in [9.17, 15) is 41.9 Å². The molecule has 0 radical (unpaired) electrons. The number of primary amides is 3. The van der Waals surface area contributed by atoms with Gasteiger partial charge in [-0.15, -0.1) is 56.7 Å². The summed E-state index contributed by atoms with van der Waals surface area (Å²) in [6, 6.07) is 24.9. The molecule has 0 aliphatic carbocycles. The Bertz CT molecular complexity index is 6670. The number of aromatic nitrogens is 10. The van der Waals surface area contributed by atoms with Crippen molar-refractivity contribution >= 4 is 234 Å². The number of amides is 5. The summed E-state index contributed by atoms with van der Waals surface area (Å²) >= 11 is 13.4. The third kappa shape index (κ3) is 25.9. The zero-order valence-corrected chi connectivity index (χ0v) is 80.8. The molecule has 5 aromatic carbocycles. The molecule has 5 amide bonds. The molecule has 36 nitrogen and oxygen atoms in total. The molecular formula is C83H85F3N24O12S10. The van der Waals surface area contributed by atoms with Gasteiger partial charge in [-0.2, -0.15) is 13.2 Å². The number of nitrogen functional groups attached to an aromatic ring is 3. The Morgan fingerprint density at radius 3 is 1.05 bits per heavy atom. The van der Waals surface area contributed by atoms with E-state index >= 15 is 0 Å². The molecule has 0 saturated carbocycles. The van der Waals surface area contributed by atoms with Crippen LogP contribution in [0, 0.1) is 27.7 Å². The van der Waals surface area contributed by atoms with Crippen molar-refractivity contribution in [3.05, 3.63) is 169 Å². The van der Waals surface area contributed by atoms with E-state index in [-0.39, 0.29) is 39.2 Å². The number of aryl methyl sites for hydroxylation is 4. The summed E-state index contributed by atoms with van der Waals surface area (Å²) in [6.45, 7) is 14.5. The van der Waals surface area contributed by atoms with Gasteiger partial charge in [0.15, 0.2) is 57.0 Å². The molecule has 19 N–H and O–H groups in total. The molecule has 132 heavy (non-hydrogen) atoms. The van der Waals surface area contributed by atoms with Gasteiger partial charge in [-0.1, -0.05) is 56.7 Å². The summed E-state index contributed by atoms with van der Waals surface area (Å²) in [5, 5.41) is 35.7. The fourth-order valence-corrected chi connectivity index (χ4v) is 19.9. The number of methoxy groups -OCH3 is 5. The number of hydrogen-bond acceptors (Lipinski definition) is 41. The molecule has 10 heterocycles. The number of nitrogens with zero attached hydrogens (tertiary/aromatic N) is 11. The molecule has 15 aromatic rings. The second-order valence-electron chi connectivity index (χ2n) is 27.7. The Morgan fingerprint density at radius 1 is 0.386 bits per heavy atom. The van der Waals surface area contributed by atoms with E-state index in [1.54, 1.807) is 112 Å². The van der Waals surface area contributed by atoms with Gasteiger partial charge in [-0.25, -0.2) is 54.6 Å². The summed E-state index contributed by atoms with van der Waals surface area (Å²) in [5.41, 5.74) is 43.8. The highest BCUT2D eigenvalue weighted by Crippen LogP contribution is 2.46. The van der Waals surface area contributed by atoms with Crippen LogP contribution in [0.2, 0.25) is 0 Å². The smallest absolute Gasteiger partial charge is 0.434 e. The Balaban J connectivity index is 0.000000159. The van der Waals surface area contributed by atoms with E-state index < -0.39 is 35.6 Å². The quantitative estimate of drug-likeness (QED) is 0.0203. The summed E-state index contributed by atoms with van der Waals surface area (Å²) in [6.07, 6.45) is -4.64. The summed E-state index contributed by atoms with van der Waals surface area (Å²) in [5.74, 6) is 0.516. The van der Waals surface area contributed by atoms with E-state index in [1.807, 2.05) is 82.1 Å². The molecule has 0 spiro atoms. The van der Waals surface area contributed by atoms with E-state index in [1.165, 1.54) is 125 Å². The minimum Gasteiger partial charge on any atom is -0.495 e. The van der Waals surface area contributed by atoms with Crippen LogP contribution in [0.1, 0.15) is 97.6 Å². The van der Waals surface area contributed by atoms with Crippen LogP contribution in [0.3, 0.4) is 0 Å². The lowest BCUT2D eigenvalue weighted by molar-refractivity contribution is -0.140. The molecule has 0 fully saturated rings. The number of nitrogens with one attached hydrogen (secondary N) is 7. The average molecular weight is 1990 g/mol. The zero-order chi connectivity index (χ0) is 95.7. The predicted molar refractivity (Wildman–Crippen MR) is 524 cm³/mol. The predicted octanol–water partition coefficient (Wildman–Crippen LogP) is 18.9. The topological polar surface area (TPSA) is 530 Å². The highest BCUT2D eigenvalue weighted by Gasteiger charge is 2.39. The molecule has 0 aliphatic rings. The van der Waals surface area contributed by atoms with Crippen molar-refractivity contribution < 1.29 is 70.4 Å². The summed E-state index contributed by atoms with van der Waals surface area (Å²) < 4.78 is 71.1. The first-order valence-electron chi connectivity index (χ1n) is 38.4. The maximum absolute atomic E-state index is 13.1. The number of esters is 1. The molecule has 0 aliphatic heterocycles. The third-order valence-corrected chi connectivity index (χ3v) is 26.6. The highest BCUT2D eigenvalue weighted by molar-refractivity contribution is 7.22. The number of benzene rings is 5. The van der Waals surface area contributed by atoms with Crippen molar-refractivity contribution in [2.75, 3.05) is 109 Å². The molecular weight excluding hydrogens is 1900 g/mol. The van der Waals surface area contributed by atoms with Gasteiger partial charge in [0.05, 0.1) is 151 Å². The molecule has 10 aromatic heterocycles. The number of carbonyl (C=O) groups is 6. The maximum atomic E-state index is 13.1. The number of thiazole rings is 10. The number of anilines is 16. The summed E-state index contributed by atoms with van der Waals surface area (Å²) in [4.78, 5) is 117. The van der Waals surface area contributed by atoms with Gasteiger partial charge in [0, 0.05) is 77.2 Å². The standard InChI is InChI=1S/C19H23N5O2S2.C17H17N5O3S2.C16H17N5O2S2.C16H16N4O3S2.C15H12F3N5O2S2/c1-10(2)26-15-7-6-12(17(20)25)8-13(15)22-18-23-14(9-27-18)16-11(3)21-19(28-16)24(4)5;1-8-14(27-17(19-8)20-9(2)23)12-7-26-16(22-12)21-11-6-10(15(18)24)4-5-13(11)25-3;1-8-14(25-15(17)18-8)12-7-24-16(21-12)20-11-6-10(19-9(2)22)4-5-13(11)23-3;1-8-13(25-15(17)18-8)11-7-24-16(20-11)19-10-6-9(14(21)23-3)4-5-12(10)22-2;1-25-9-3-2-6(12(19)24)4-7(9)21-14-22-8(5-26-14)10-11(15(16,17)18)23-13(20)27-10/h6-10H,1-5H3,(H2,20,25)(H,22,23);4-7H,1-3H3,(H2,18,24)(H,21,22)(H,19,20,23);4-7H,1-3H3,(H2,17,18)(H,19,22)(H,20,21);4-7H,1-3H3,(H2,17,18)(H,19,20);2-5H,1H3,(H2,19,24)(H2,20,23)(H,21,22). The van der Waals surface area contributed by atoms with Gasteiger partial charge in [-0.3, -0.25) is 24.0 Å². The van der Waals surface area contributed by atoms with Crippen LogP contribution in [0.4, 0.5) is 98.6 Å². The van der Waals surface area contributed by atoms with Crippen molar-refractivity contribution in [2.45, 2.75) is 67.7 Å². The minimum atomic E-state index is -4.64. The van der Waals surface area contributed by atoms with E-state index in [2.05, 4.69) is 82.1 Å². The van der Waals surface area contributed by atoms with Crippen LogP contribution in [0.5, 0.6) is 28.7 Å². The monoisotopic (exact) mass is 1990 g/mol. The minimum absolute atomic E-state index is 0.00358. The number of carbonyl (C=O) groups excluding carboxylic acids is 6. The van der Waals surface area contributed by atoms with Crippen molar-refractivity contribution in [2.24, 2.45) is 17.2 Å². The van der Waals surface area contributed by atoms with Crippen LogP contribution in [-0.2, 0) is 20.5 Å². The SMILES string of the molecule is COC(=O)c1ccc(OC)c(Nc2nc(-c3sc(N)nc3C)cs2)c1.COc1ccc(C(N)=O)cc1Nc1nc(-c2sc(N)nc2C(F)(F)F)cs1.COc1ccc(C(N)=O)cc1Nc1nc(-c2sc(NC(C)=O)nc2C)cs1.COc1ccc(NC(C)=O)cc1Nc1nc(-c2sc(N)nc2C)cs1.Cc1nc(N(C)C)sc1-c1csc(Nc2cc(C(N)=O)ccc2OC(C)C)n1. The number of hydrogen-bond donors (Lipinski definition) is 13. The molecule has 0 bridgehead atoms. The molecule has 0 saturated heterocycles. The van der Waals surface area contributed by atoms with Gasteiger partial charge in [0.1, 0.15) is 28.7 Å². The van der Waals surface area contributed by atoms with Gasteiger partial charge >= 0.3 is 12.1 Å². The van der Waals surface area contributed by atoms with Crippen molar-refractivity contribution in [1.29, 1.82) is 0 Å². The lowest BCUT2D eigenvalue weighted by Crippen LogP contribution is -2.12. The number of rotatable bonds is 28. The Hall–Kier alpha value is -13.8. The van der Waals surface area contributed by atoms with Crippen LogP contribution in [0.15, 0.2) is 118 Å². The first-order valence-corrected chi connectivity index (χ1v) is 46.9. The fourth-order valence-electron chi connectivity index (χ4n) is 11.6. The second-order valence-corrected chi connectivity index (χ2v) is 37.1. The largest absolute Gasteiger partial charge is 0.495 e. The average Bonchev–Trinajstić information content (AvgIpc) is 1.64. The van der Waals surface area contributed by atoms with Crippen molar-refractivity contribution in [3.8, 4) is 81.6 Å². The first kappa shape index (κ1) is 98.8. The highest BCUT2D eigenvalue weighted by atomic mass is 32.1. The van der Waals surface area contributed by atoms with Gasteiger partial charge in [0.2, 0.25) is 29.5 Å². The summed E-state index contributed by atoms with van der Waals surface area (Å²) in [7, 11) is 11.4. The van der Waals surface area contributed by atoms with Gasteiger partial charge < -0.3 is 105 Å². The normalized spacial score (nSPS) is 10.8. The Labute approximate surface area is 792 Å². The number of nitrogens with two attached hydrogens (primary N) is 6. The molecule has 49 heteroatoms. The molecule has 0 atom stereocenters. The van der Waals surface area contributed by atoms with Crippen molar-refractivity contribution in [1.82, 2.24) is 49.8 Å².